The van der Waals surface area contributed by atoms with Crippen molar-refractivity contribution in [1.29, 1.82) is 0 Å². The lowest BCUT2D eigenvalue weighted by molar-refractivity contribution is 0.0960. The van der Waals surface area contributed by atoms with Gasteiger partial charge in [0.2, 0.25) is 0 Å². The van der Waals surface area contributed by atoms with Crippen LogP contribution in [0.25, 0.3) is 0 Å². The summed E-state index contributed by atoms with van der Waals surface area (Å²) in [6.07, 6.45) is 0. The average Bonchev–Trinajstić information content (AvgIpc) is 2.36. The van der Waals surface area contributed by atoms with Gasteiger partial charge in [-0.05, 0) is 28.9 Å². The maximum Gasteiger partial charge on any atom is 0.261 e. The molecule has 0 aliphatic heterocycles. The second kappa shape index (κ2) is 3.88. The molecule has 0 atom stereocenters. The monoisotopic (exact) mass is 233 g/mol. The molecule has 0 aliphatic carbocycles. The van der Waals surface area contributed by atoms with Crippen LogP contribution >= 0.6 is 27.3 Å². The summed E-state index contributed by atoms with van der Waals surface area (Å²) >= 11 is 4.72. The summed E-state index contributed by atoms with van der Waals surface area (Å²) in [6.45, 7) is 2.58. The molecule has 1 aromatic rings. The van der Waals surface area contributed by atoms with Crippen LogP contribution in [0, 0.1) is 0 Å². The molecule has 1 amide bonds. The molecule has 2 nitrogen and oxygen atoms in total. The predicted molar refractivity (Wildman–Crippen MR) is 50.0 cm³/mol. The predicted octanol–water partition coefficient (Wildman–Crippen LogP) is 2.26. The normalized spacial score (nSPS) is 9.64. The molecule has 0 bridgehead atoms. The Morgan fingerprint density at radius 1 is 1.82 bits per heavy atom. The van der Waals surface area contributed by atoms with Crippen molar-refractivity contribution >= 4 is 33.2 Å². The lowest BCUT2D eigenvalue weighted by atomic mass is 10.4. The largest absolute Gasteiger partial charge is 0.352 e. The topological polar surface area (TPSA) is 29.1 Å². The molecule has 0 aromatic carbocycles. The van der Waals surface area contributed by atoms with E-state index in [1.54, 1.807) is 0 Å². The van der Waals surface area contributed by atoms with Crippen LogP contribution in [0.5, 0.6) is 0 Å². The van der Waals surface area contributed by atoms with Gasteiger partial charge in [-0.25, -0.2) is 0 Å². The van der Waals surface area contributed by atoms with E-state index in [0.29, 0.717) is 6.54 Å². The fraction of sp³-hybridized carbons (Fsp3) is 0.286. The van der Waals surface area contributed by atoms with Gasteiger partial charge in [0.05, 0.1) is 4.88 Å². The van der Waals surface area contributed by atoms with Crippen molar-refractivity contribution in [1.82, 2.24) is 5.32 Å². The highest BCUT2D eigenvalue weighted by Crippen LogP contribution is 2.19. The zero-order chi connectivity index (χ0) is 8.27. The van der Waals surface area contributed by atoms with Gasteiger partial charge in [0.15, 0.2) is 0 Å². The molecule has 0 unspecified atom stereocenters. The number of carbonyl (C=O) groups excluding carboxylic acids is 1. The van der Waals surface area contributed by atoms with Crippen molar-refractivity contribution in [2.75, 3.05) is 6.54 Å². The number of carbonyl (C=O) groups is 1. The first-order valence-electron chi connectivity index (χ1n) is 3.26. The minimum Gasteiger partial charge on any atom is -0.352 e. The molecule has 0 radical (unpaired) electrons. The summed E-state index contributed by atoms with van der Waals surface area (Å²) in [4.78, 5) is 11.9. The van der Waals surface area contributed by atoms with Crippen LogP contribution in [0.2, 0.25) is 0 Å². The number of hydrogen-bond acceptors (Lipinski definition) is 2. The van der Waals surface area contributed by atoms with E-state index >= 15 is 0 Å². The molecular weight excluding hydrogens is 226 g/mol. The number of amides is 1. The van der Waals surface area contributed by atoms with E-state index in [1.807, 2.05) is 18.4 Å². The van der Waals surface area contributed by atoms with Gasteiger partial charge in [-0.3, -0.25) is 4.79 Å². The summed E-state index contributed by atoms with van der Waals surface area (Å²) in [5.74, 6) is 0.00296. The molecular formula is C7H8BrNOS. The third-order valence-electron chi connectivity index (χ3n) is 1.13. The van der Waals surface area contributed by atoms with Crippen LogP contribution in [0.1, 0.15) is 16.6 Å². The van der Waals surface area contributed by atoms with Gasteiger partial charge in [0.1, 0.15) is 0 Å². The van der Waals surface area contributed by atoms with E-state index in [1.165, 1.54) is 11.3 Å². The summed E-state index contributed by atoms with van der Waals surface area (Å²) in [5.41, 5.74) is 0. The van der Waals surface area contributed by atoms with E-state index < -0.39 is 0 Å². The van der Waals surface area contributed by atoms with Crippen LogP contribution < -0.4 is 5.32 Å². The van der Waals surface area contributed by atoms with Crippen LogP contribution in [0.3, 0.4) is 0 Å². The first-order valence-corrected chi connectivity index (χ1v) is 4.93. The number of hydrogen-bond donors (Lipinski definition) is 1. The molecule has 1 aromatic heterocycles. The highest BCUT2D eigenvalue weighted by Gasteiger charge is 2.05. The van der Waals surface area contributed by atoms with Crippen molar-refractivity contribution in [3.63, 3.8) is 0 Å². The second-order valence-corrected chi connectivity index (χ2v) is 3.82. The molecule has 0 saturated carbocycles. The number of halogens is 1. The number of rotatable bonds is 2. The molecule has 0 saturated heterocycles. The fourth-order valence-electron chi connectivity index (χ4n) is 0.680. The van der Waals surface area contributed by atoms with Gasteiger partial charge in [0.25, 0.3) is 5.91 Å². The molecule has 1 N–H and O–H groups in total. The Labute approximate surface area is 77.7 Å². The Bertz CT molecular complexity index is 259. The summed E-state index contributed by atoms with van der Waals surface area (Å²) in [6, 6.07) is 1.82. The van der Waals surface area contributed by atoms with E-state index in [0.717, 1.165) is 9.35 Å². The van der Waals surface area contributed by atoms with Gasteiger partial charge in [-0.15, -0.1) is 11.3 Å². The maximum absolute atomic E-state index is 11.1. The van der Waals surface area contributed by atoms with Crippen LogP contribution in [-0.2, 0) is 0 Å². The first-order chi connectivity index (χ1) is 5.24. The van der Waals surface area contributed by atoms with Gasteiger partial charge in [-0.1, -0.05) is 0 Å². The Hall–Kier alpha value is -0.350. The van der Waals surface area contributed by atoms with E-state index in [9.17, 15) is 4.79 Å². The average molecular weight is 234 g/mol. The van der Waals surface area contributed by atoms with Crippen LogP contribution in [-0.4, -0.2) is 12.5 Å². The first kappa shape index (κ1) is 8.74. The molecule has 1 rings (SSSR count). The molecule has 0 spiro atoms. The lowest BCUT2D eigenvalue weighted by Crippen LogP contribution is -2.21. The van der Waals surface area contributed by atoms with Gasteiger partial charge < -0.3 is 5.32 Å². The van der Waals surface area contributed by atoms with Crippen molar-refractivity contribution in [3.05, 3.63) is 20.8 Å². The van der Waals surface area contributed by atoms with Gasteiger partial charge in [0, 0.05) is 16.4 Å². The Kier molecular flexibility index (Phi) is 3.08. The van der Waals surface area contributed by atoms with Crippen LogP contribution in [0.15, 0.2) is 15.9 Å². The lowest BCUT2D eigenvalue weighted by Gasteiger charge is -1.95. The highest BCUT2D eigenvalue weighted by molar-refractivity contribution is 9.10. The van der Waals surface area contributed by atoms with Crippen molar-refractivity contribution in [2.24, 2.45) is 0 Å². The van der Waals surface area contributed by atoms with Crippen LogP contribution in [0.4, 0.5) is 0 Å². The summed E-state index contributed by atoms with van der Waals surface area (Å²) in [5, 5.41) is 4.62. The highest BCUT2D eigenvalue weighted by atomic mass is 79.9. The molecule has 11 heavy (non-hydrogen) atoms. The third kappa shape index (κ3) is 2.31. The van der Waals surface area contributed by atoms with E-state index in [2.05, 4.69) is 21.2 Å². The minimum atomic E-state index is 0.00296. The molecule has 1 heterocycles. The SMILES string of the molecule is CCNC(=O)c1cc(Br)cs1. The summed E-state index contributed by atoms with van der Waals surface area (Å²) in [7, 11) is 0. The molecule has 0 fully saturated rings. The van der Waals surface area contributed by atoms with Crippen molar-refractivity contribution in [3.8, 4) is 0 Å². The fourth-order valence-corrected chi connectivity index (χ4v) is 2.02. The molecule has 60 valence electrons. The van der Waals surface area contributed by atoms with E-state index in [-0.39, 0.29) is 5.91 Å². The summed E-state index contributed by atoms with van der Waals surface area (Å²) < 4.78 is 0.962. The smallest absolute Gasteiger partial charge is 0.261 e. The molecule has 4 heteroatoms. The Balaban J connectivity index is 2.69. The molecule has 0 aliphatic rings. The number of nitrogens with one attached hydrogen (secondary N) is 1. The van der Waals surface area contributed by atoms with Crippen molar-refractivity contribution in [2.45, 2.75) is 6.92 Å². The number of thiophene rings is 1. The minimum absolute atomic E-state index is 0.00296. The second-order valence-electron chi connectivity index (χ2n) is 1.99. The van der Waals surface area contributed by atoms with E-state index in [4.69, 9.17) is 0 Å². The third-order valence-corrected chi connectivity index (χ3v) is 2.82. The zero-order valence-electron chi connectivity index (χ0n) is 6.06. The standard InChI is InChI=1S/C7H8BrNOS/c1-2-9-7(10)6-3-5(8)4-11-6/h3-4H,2H2,1H3,(H,9,10). The zero-order valence-corrected chi connectivity index (χ0v) is 8.46. The Morgan fingerprint density at radius 2 is 2.55 bits per heavy atom. The van der Waals surface area contributed by atoms with Crippen molar-refractivity contribution < 1.29 is 4.79 Å². The quantitative estimate of drug-likeness (QED) is 0.835. The van der Waals surface area contributed by atoms with Gasteiger partial charge in [-0.2, -0.15) is 0 Å². The maximum atomic E-state index is 11.1. The Morgan fingerprint density at radius 3 is 3.00 bits per heavy atom. The van der Waals surface area contributed by atoms with Gasteiger partial charge >= 0.3 is 0 Å².